The Bertz CT molecular complexity index is 1270. The van der Waals surface area contributed by atoms with Gasteiger partial charge in [0.15, 0.2) is 11.4 Å². The van der Waals surface area contributed by atoms with Crippen molar-refractivity contribution in [1.29, 1.82) is 0 Å². The monoisotopic (exact) mass is 496 g/mol. The molecule has 2 aromatic heterocycles. The molecule has 2 N–H and O–H groups in total. The standard InChI is InChI=1S/C24H28N6O6/c1-13-7-8-14(24(2,3)4)11-16(13)36-23-26-15(12-35-23)18(31)27-17-19(33-5)28-21(29-20(17)34-6)30-10-9-25-22(30)32/h7-8,11-12H,9-10H2,1-6H3,(H,25,32)(H,27,31). The molecule has 0 atom stereocenters. The van der Waals surface area contributed by atoms with Crippen LogP contribution in [0.15, 0.2) is 28.9 Å². The number of aryl methyl sites for hydroxylation is 1. The molecule has 190 valence electrons. The van der Waals surface area contributed by atoms with Gasteiger partial charge in [-0.05, 0) is 29.5 Å². The number of anilines is 2. The number of ether oxygens (including phenoxy) is 3. The van der Waals surface area contributed by atoms with Crippen LogP contribution in [0, 0.1) is 6.92 Å². The maximum absolute atomic E-state index is 12.9. The maximum atomic E-state index is 12.9. The Morgan fingerprint density at radius 1 is 1.14 bits per heavy atom. The second-order valence-electron chi connectivity index (χ2n) is 9.09. The average Bonchev–Trinajstić information content (AvgIpc) is 3.48. The van der Waals surface area contributed by atoms with E-state index in [2.05, 4.69) is 46.4 Å². The van der Waals surface area contributed by atoms with Gasteiger partial charge in [-0.1, -0.05) is 32.9 Å². The van der Waals surface area contributed by atoms with Gasteiger partial charge in [0, 0.05) is 13.1 Å². The fourth-order valence-corrected chi connectivity index (χ4v) is 3.45. The molecule has 1 fully saturated rings. The number of oxazole rings is 1. The van der Waals surface area contributed by atoms with E-state index in [1.54, 1.807) is 0 Å². The zero-order valence-corrected chi connectivity index (χ0v) is 21.0. The third kappa shape index (κ3) is 5.02. The molecule has 1 aliphatic rings. The minimum Gasteiger partial charge on any atom is -0.479 e. The Balaban J connectivity index is 1.55. The third-order valence-electron chi connectivity index (χ3n) is 5.52. The first-order chi connectivity index (χ1) is 17.1. The third-order valence-corrected chi connectivity index (χ3v) is 5.52. The number of hydrogen-bond donors (Lipinski definition) is 2. The summed E-state index contributed by atoms with van der Waals surface area (Å²) in [6.07, 6.45) is 1.09. The number of hydrogen-bond acceptors (Lipinski definition) is 9. The summed E-state index contributed by atoms with van der Waals surface area (Å²) in [7, 11) is 2.75. The van der Waals surface area contributed by atoms with Crippen molar-refractivity contribution >= 4 is 23.6 Å². The number of methoxy groups -OCH3 is 2. The lowest BCUT2D eigenvalue weighted by Crippen LogP contribution is -2.29. The second-order valence-corrected chi connectivity index (χ2v) is 9.09. The van der Waals surface area contributed by atoms with Crippen LogP contribution in [0.1, 0.15) is 42.4 Å². The van der Waals surface area contributed by atoms with Crippen molar-refractivity contribution in [3.8, 4) is 23.6 Å². The topological polar surface area (TPSA) is 141 Å². The van der Waals surface area contributed by atoms with E-state index in [4.69, 9.17) is 18.6 Å². The summed E-state index contributed by atoms with van der Waals surface area (Å²) < 4.78 is 21.9. The zero-order valence-electron chi connectivity index (χ0n) is 21.0. The number of carbonyl (C=O) groups excluding carboxylic acids is 2. The lowest BCUT2D eigenvalue weighted by atomic mass is 9.86. The molecule has 0 radical (unpaired) electrons. The van der Waals surface area contributed by atoms with Gasteiger partial charge in [-0.3, -0.25) is 9.69 Å². The minimum atomic E-state index is -0.624. The van der Waals surface area contributed by atoms with Gasteiger partial charge in [0.25, 0.3) is 5.91 Å². The summed E-state index contributed by atoms with van der Waals surface area (Å²) >= 11 is 0. The molecule has 12 nitrogen and oxygen atoms in total. The van der Waals surface area contributed by atoms with Gasteiger partial charge < -0.3 is 29.3 Å². The fourth-order valence-electron chi connectivity index (χ4n) is 3.45. The van der Waals surface area contributed by atoms with Crippen molar-refractivity contribution in [3.63, 3.8) is 0 Å². The van der Waals surface area contributed by atoms with E-state index < -0.39 is 5.91 Å². The molecule has 1 saturated heterocycles. The number of carbonyl (C=O) groups is 2. The summed E-state index contributed by atoms with van der Waals surface area (Å²) in [4.78, 5) is 38.9. The summed E-state index contributed by atoms with van der Waals surface area (Å²) in [5.41, 5.74) is 1.95. The molecule has 0 unspecified atom stereocenters. The van der Waals surface area contributed by atoms with Crippen molar-refractivity contribution < 1.29 is 28.2 Å². The van der Waals surface area contributed by atoms with Gasteiger partial charge in [-0.25, -0.2) is 4.79 Å². The fraction of sp³-hybridized carbons (Fsp3) is 0.375. The first-order valence-corrected chi connectivity index (χ1v) is 11.2. The normalized spacial score (nSPS) is 13.4. The van der Waals surface area contributed by atoms with E-state index in [9.17, 15) is 9.59 Å². The van der Waals surface area contributed by atoms with Crippen LogP contribution in [0.25, 0.3) is 0 Å². The van der Waals surface area contributed by atoms with Crippen molar-refractivity contribution in [2.45, 2.75) is 33.1 Å². The van der Waals surface area contributed by atoms with Gasteiger partial charge in [-0.15, -0.1) is 0 Å². The van der Waals surface area contributed by atoms with E-state index in [1.165, 1.54) is 25.4 Å². The predicted molar refractivity (Wildman–Crippen MR) is 130 cm³/mol. The van der Waals surface area contributed by atoms with E-state index in [-0.39, 0.29) is 46.6 Å². The number of amides is 3. The Labute approximate surface area is 208 Å². The summed E-state index contributed by atoms with van der Waals surface area (Å²) in [5.74, 6) is 0.0656. The van der Waals surface area contributed by atoms with Crippen molar-refractivity contribution in [1.82, 2.24) is 20.3 Å². The van der Waals surface area contributed by atoms with E-state index in [1.807, 2.05) is 25.1 Å². The highest BCUT2D eigenvalue weighted by Crippen LogP contribution is 2.35. The van der Waals surface area contributed by atoms with Crippen LogP contribution in [0.5, 0.6) is 23.6 Å². The van der Waals surface area contributed by atoms with Gasteiger partial charge in [-0.2, -0.15) is 15.0 Å². The van der Waals surface area contributed by atoms with Crippen LogP contribution in [0.3, 0.4) is 0 Å². The van der Waals surface area contributed by atoms with Crippen LogP contribution in [0.4, 0.5) is 16.4 Å². The Kier molecular flexibility index (Phi) is 6.69. The largest absolute Gasteiger partial charge is 0.479 e. The second kappa shape index (κ2) is 9.72. The highest BCUT2D eigenvalue weighted by Gasteiger charge is 2.28. The molecule has 36 heavy (non-hydrogen) atoms. The molecular weight excluding hydrogens is 468 g/mol. The van der Waals surface area contributed by atoms with Gasteiger partial charge in [0.1, 0.15) is 12.0 Å². The molecular formula is C24H28N6O6. The Morgan fingerprint density at radius 3 is 2.42 bits per heavy atom. The maximum Gasteiger partial charge on any atom is 0.399 e. The first-order valence-electron chi connectivity index (χ1n) is 11.2. The number of aromatic nitrogens is 3. The molecule has 0 aliphatic carbocycles. The minimum absolute atomic E-state index is 0.0134. The van der Waals surface area contributed by atoms with Crippen LogP contribution >= 0.6 is 0 Å². The predicted octanol–water partition coefficient (Wildman–Crippen LogP) is 3.66. The molecule has 12 heteroatoms. The average molecular weight is 497 g/mol. The van der Waals surface area contributed by atoms with Crippen molar-refractivity contribution in [2.24, 2.45) is 0 Å². The lowest BCUT2D eigenvalue weighted by molar-refractivity contribution is 0.102. The van der Waals surface area contributed by atoms with Gasteiger partial charge in [0.2, 0.25) is 17.7 Å². The number of rotatable bonds is 7. The molecule has 3 amide bonds. The Morgan fingerprint density at radius 2 is 1.83 bits per heavy atom. The Hall–Kier alpha value is -4.35. The van der Waals surface area contributed by atoms with Crippen LogP contribution in [-0.2, 0) is 5.41 Å². The smallest absolute Gasteiger partial charge is 0.399 e. The molecule has 0 spiro atoms. The van der Waals surface area contributed by atoms with E-state index in [0.29, 0.717) is 18.8 Å². The molecule has 3 heterocycles. The van der Waals surface area contributed by atoms with Crippen LogP contribution in [-0.4, -0.2) is 54.2 Å². The summed E-state index contributed by atoms with van der Waals surface area (Å²) in [5, 5.41) is 5.30. The molecule has 3 aromatic rings. The number of benzene rings is 1. The number of nitrogens with zero attached hydrogens (tertiary/aromatic N) is 4. The highest BCUT2D eigenvalue weighted by molar-refractivity contribution is 6.04. The van der Waals surface area contributed by atoms with E-state index >= 15 is 0 Å². The molecule has 0 bridgehead atoms. The molecule has 1 aromatic carbocycles. The van der Waals surface area contributed by atoms with Crippen molar-refractivity contribution in [2.75, 3.05) is 37.5 Å². The van der Waals surface area contributed by atoms with Crippen molar-refractivity contribution in [3.05, 3.63) is 41.3 Å². The van der Waals surface area contributed by atoms with Crippen LogP contribution < -0.4 is 29.7 Å². The molecule has 0 saturated carbocycles. The number of urea groups is 1. The number of nitrogens with one attached hydrogen (secondary N) is 2. The molecule has 4 rings (SSSR count). The SMILES string of the molecule is COc1nc(N2CCNC2=O)nc(OC)c1NC(=O)c1coc(Oc2cc(C(C)(C)C)ccc2C)n1. The van der Waals surface area contributed by atoms with Gasteiger partial charge >= 0.3 is 12.1 Å². The first kappa shape index (κ1) is 24.8. The highest BCUT2D eigenvalue weighted by atomic mass is 16.6. The van der Waals surface area contributed by atoms with Gasteiger partial charge in [0.05, 0.1) is 14.2 Å². The lowest BCUT2D eigenvalue weighted by Gasteiger charge is -2.20. The summed E-state index contributed by atoms with van der Waals surface area (Å²) in [6, 6.07) is 5.59. The summed E-state index contributed by atoms with van der Waals surface area (Å²) in [6.45, 7) is 9.07. The quantitative estimate of drug-likeness (QED) is 0.501. The molecule has 1 aliphatic heterocycles. The zero-order chi connectivity index (χ0) is 26.0. The van der Waals surface area contributed by atoms with E-state index in [0.717, 1.165) is 11.1 Å². The van der Waals surface area contributed by atoms with Crippen LogP contribution in [0.2, 0.25) is 0 Å².